The van der Waals surface area contributed by atoms with Crippen LogP contribution >= 0.6 is 22.7 Å². The normalized spacial score (nSPS) is 11.1. The number of aryl methyl sites for hydroxylation is 4. The second-order valence-electron chi connectivity index (χ2n) is 6.71. The number of carbonyl (C=O) groups is 1. The van der Waals surface area contributed by atoms with Crippen LogP contribution in [0.2, 0.25) is 0 Å². The summed E-state index contributed by atoms with van der Waals surface area (Å²) in [5.74, 6) is -0.0813. The predicted octanol–water partition coefficient (Wildman–Crippen LogP) is 5.23. The maximum atomic E-state index is 13.4. The molecule has 1 aromatic carbocycles. The van der Waals surface area contributed by atoms with Crippen molar-refractivity contribution in [3.63, 3.8) is 0 Å². The first-order chi connectivity index (χ1) is 13.4. The molecule has 0 bridgehead atoms. The lowest BCUT2D eigenvalue weighted by atomic mass is 10.1. The van der Waals surface area contributed by atoms with Gasteiger partial charge in [-0.25, -0.2) is 9.97 Å². The van der Waals surface area contributed by atoms with Crippen LogP contribution in [0, 0.1) is 27.7 Å². The number of thiazole rings is 2. The number of aromatic nitrogens is 3. The van der Waals surface area contributed by atoms with E-state index in [2.05, 4.69) is 35.9 Å². The van der Waals surface area contributed by atoms with Crippen LogP contribution in [0.3, 0.4) is 0 Å². The summed E-state index contributed by atoms with van der Waals surface area (Å²) >= 11 is 2.96. The number of fused-ring (bicyclic) bond motifs is 1. The van der Waals surface area contributed by atoms with Crippen molar-refractivity contribution in [2.75, 3.05) is 4.90 Å². The topological polar surface area (TPSA) is 59.0 Å². The van der Waals surface area contributed by atoms with Gasteiger partial charge in [-0.3, -0.25) is 14.7 Å². The molecule has 5 nitrogen and oxygen atoms in total. The van der Waals surface area contributed by atoms with E-state index in [1.165, 1.54) is 28.2 Å². The van der Waals surface area contributed by atoms with E-state index in [1.807, 2.05) is 32.0 Å². The molecule has 0 fully saturated rings. The highest BCUT2D eigenvalue weighted by Crippen LogP contribution is 2.34. The van der Waals surface area contributed by atoms with Crippen molar-refractivity contribution in [2.24, 2.45) is 0 Å². The van der Waals surface area contributed by atoms with Gasteiger partial charge in [-0.15, -0.1) is 11.3 Å². The average Bonchev–Trinajstić information content (AvgIpc) is 3.26. The first kappa shape index (κ1) is 18.7. The number of hydrogen-bond donors (Lipinski definition) is 0. The number of benzene rings is 1. The van der Waals surface area contributed by atoms with Crippen molar-refractivity contribution in [3.8, 4) is 0 Å². The summed E-state index contributed by atoms with van der Waals surface area (Å²) < 4.78 is 1.08. The zero-order chi connectivity index (χ0) is 19.8. The fraction of sp³-hybridized carbons (Fsp3) is 0.238. The molecule has 0 N–H and O–H groups in total. The minimum Gasteiger partial charge on any atom is -0.277 e. The van der Waals surface area contributed by atoms with Gasteiger partial charge in [0.2, 0.25) is 0 Å². The second-order valence-corrected chi connectivity index (χ2v) is 8.92. The standard InChI is InChI=1S/C21H20N4OS2/c1-12-8-9-17-18(13(12)2)24-21(28-17)25(11-16-7-5-6-10-22-16)20(26)19-14(3)23-15(4)27-19/h5-10H,11H2,1-4H3. The van der Waals surface area contributed by atoms with Gasteiger partial charge in [-0.1, -0.05) is 23.5 Å². The van der Waals surface area contributed by atoms with E-state index in [-0.39, 0.29) is 5.91 Å². The molecule has 0 aliphatic rings. The summed E-state index contributed by atoms with van der Waals surface area (Å²) in [7, 11) is 0. The van der Waals surface area contributed by atoms with E-state index in [4.69, 9.17) is 4.98 Å². The van der Waals surface area contributed by atoms with Crippen molar-refractivity contribution in [3.05, 3.63) is 68.9 Å². The fourth-order valence-electron chi connectivity index (χ4n) is 3.06. The Morgan fingerprint density at radius 1 is 1.04 bits per heavy atom. The number of pyridine rings is 1. The van der Waals surface area contributed by atoms with Crippen LogP contribution in [0.5, 0.6) is 0 Å². The lowest BCUT2D eigenvalue weighted by Crippen LogP contribution is -2.30. The maximum Gasteiger partial charge on any atom is 0.272 e. The van der Waals surface area contributed by atoms with Crippen LogP contribution in [0.15, 0.2) is 36.5 Å². The van der Waals surface area contributed by atoms with Crippen molar-refractivity contribution in [2.45, 2.75) is 34.2 Å². The van der Waals surface area contributed by atoms with E-state index in [9.17, 15) is 4.79 Å². The molecule has 0 atom stereocenters. The molecule has 0 saturated heterocycles. The van der Waals surface area contributed by atoms with Crippen LogP contribution in [-0.2, 0) is 6.54 Å². The minimum atomic E-state index is -0.0813. The van der Waals surface area contributed by atoms with Crippen LogP contribution in [0.25, 0.3) is 10.2 Å². The highest BCUT2D eigenvalue weighted by Gasteiger charge is 2.26. The summed E-state index contributed by atoms with van der Waals surface area (Å²) in [5, 5.41) is 1.57. The molecule has 7 heteroatoms. The minimum absolute atomic E-state index is 0.0813. The number of hydrogen-bond acceptors (Lipinski definition) is 6. The Kier molecular flexibility index (Phi) is 4.95. The highest BCUT2D eigenvalue weighted by molar-refractivity contribution is 7.22. The Morgan fingerprint density at radius 2 is 1.86 bits per heavy atom. The predicted molar refractivity (Wildman–Crippen MR) is 115 cm³/mol. The molecule has 0 saturated carbocycles. The van der Waals surface area contributed by atoms with E-state index in [0.29, 0.717) is 16.6 Å². The van der Waals surface area contributed by atoms with E-state index < -0.39 is 0 Å². The lowest BCUT2D eigenvalue weighted by Gasteiger charge is -2.19. The zero-order valence-corrected chi connectivity index (χ0v) is 17.8. The number of anilines is 1. The van der Waals surface area contributed by atoms with Gasteiger partial charge in [0.1, 0.15) is 4.88 Å². The van der Waals surface area contributed by atoms with Gasteiger partial charge in [0.15, 0.2) is 5.13 Å². The van der Waals surface area contributed by atoms with E-state index in [0.717, 1.165) is 32.2 Å². The molecule has 1 amide bonds. The number of nitrogens with zero attached hydrogens (tertiary/aromatic N) is 4. The fourth-order valence-corrected chi connectivity index (χ4v) is 4.95. The summed E-state index contributed by atoms with van der Waals surface area (Å²) in [4.78, 5) is 29.5. The van der Waals surface area contributed by atoms with Gasteiger partial charge in [0.25, 0.3) is 5.91 Å². The molecular formula is C21H20N4OS2. The van der Waals surface area contributed by atoms with Gasteiger partial charge < -0.3 is 0 Å². The third-order valence-corrected chi connectivity index (χ3v) is 6.80. The Bertz CT molecular complexity index is 1160. The monoisotopic (exact) mass is 408 g/mol. The average molecular weight is 409 g/mol. The first-order valence-electron chi connectivity index (χ1n) is 8.96. The molecule has 3 aromatic heterocycles. The molecule has 4 aromatic rings. The number of rotatable bonds is 4. The van der Waals surface area contributed by atoms with Crippen LogP contribution in [0.1, 0.15) is 37.2 Å². The molecule has 0 radical (unpaired) electrons. The van der Waals surface area contributed by atoms with Crippen LogP contribution in [-0.4, -0.2) is 20.9 Å². The molecule has 3 heterocycles. The highest BCUT2D eigenvalue weighted by atomic mass is 32.1. The molecular weight excluding hydrogens is 388 g/mol. The van der Waals surface area contributed by atoms with Crippen LogP contribution < -0.4 is 4.90 Å². The Balaban J connectivity index is 1.82. The Labute approximate surface area is 171 Å². The maximum absolute atomic E-state index is 13.4. The van der Waals surface area contributed by atoms with Crippen molar-refractivity contribution < 1.29 is 4.79 Å². The first-order valence-corrected chi connectivity index (χ1v) is 10.6. The van der Waals surface area contributed by atoms with Crippen molar-refractivity contribution in [1.82, 2.24) is 15.0 Å². The smallest absolute Gasteiger partial charge is 0.272 e. The molecule has 0 unspecified atom stereocenters. The second kappa shape index (κ2) is 7.41. The molecule has 4 rings (SSSR count). The third kappa shape index (κ3) is 3.43. The summed E-state index contributed by atoms with van der Waals surface area (Å²) in [6, 6.07) is 9.90. The zero-order valence-electron chi connectivity index (χ0n) is 16.2. The molecule has 0 aliphatic heterocycles. The van der Waals surface area contributed by atoms with E-state index in [1.54, 1.807) is 11.1 Å². The molecule has 142 valence electrons. The number of amides is 1. The largest absolute Gasteiger partial charge is 0.277 e. The third-order valence-electron chi connectivity index (χ3n) is 4.69. The van der Waals surface area contributed by atoms with Crippen molar-refractivity contribution >= 4 is 43.9 Å². The van der Waals surface area contributed by atoms with Gasteiger partial charge in [-0.2, -0.15) is 0 Å². The SMILES string of the molecule is Cc1nc(C)c(C(=O)N(Cc2ccccn2)c2nc3c(C)c(C)ccc3s2)s1. The van der Waals surface area contributed by atoms with Gasteiger partial charge in [-0.05, 0) is 57.0 Å². The molecule has 0 aliphatic carbocycles. The summed E-state index contributed by atoms with van der Waals surface area (Å²) in [5.41, 5.74) is 4.88. The van der Waals surface area contributed by atoms with Crippen molar-refractivity contribution in [1.29, 1.82) is 0 Å². The lowest BCUT2D eigenvalue weighted by molar-refractivity contribution is 0.0988. The molecule has 28 heavy (non-hydrogen) atoms. The van der Waals surface area contributed by atoms with Gasteiger partial charge >= 0.3 is 0 Å². The quantitative estimate of drug-likeness (QED) is 0.464. The van der Waals surface area contributed by atoms with Gasteiger partial charge in [0, 0.05) is 6.20 Å². The molecule has 0 spiro atoms. The summed E-state index contributed by atoms with van der Waals surface area (Å²) in [6.45, 7) is 8.31. The van der Waals surface area contributed by atoms with Gasteiger partial charge in [0.05, 0.1) is 33.2 Å². The Morgan fingerprint density at radius 3 is 2.54 bits per heavy atom. The number of carbonyl (C=O) groups excluding carboxylic acids is 1. The van der Waals surface area contributed by atoms with Crippen LogP contribution in [0.4, 0.5) is 5.13 Å². The summed E-state index contributed by atoms with van der Waals surface area (Å²) in [6.07, 6.45) is 1.74. The van der Waals surface area contributed by atoms with E-state index >= 15 is 0 Å². The Hall–Kier alpha value is -2.64.